The highest BCUT2D eigenvalue weighted by Gasteiger charge is 2.43. The molecule has 6 rings (SSSR count). The minimum atomic E-state index is -0.00695. The zero-order chi connectivity index (χ0) is 22.5. The highest BCUT2D eigenvalue weighted by Crippen LogP contribution is 2.45. The van der Waals surface area contributed by atoms with Crippen molar-refractivity contribution >= 4 is 17.5 Å². The molecule has 7 heteroatoms. The Labute approximate surface area is 197 Å². The van der Waals surface area contributed by atoms with Crippen LogP contribution in [0.25, 0.3) is 16.9 Å². The Morgan fingerprint density at radius 2 is 1.97 bits per heavy atom. The summed E-state index contributed by atoms with van der Waals surface area (Å²) in [6, 6.07) is 17.7. The zero-order valence-corrected chi connectivity index (χ0v) is 19.1. The van der Waals surface area contributed by atoms with Gasteiger partial charge in [0.15, 0.2) is 0 Å². The van der Waals surface area contributed by atoms with Crippen molar-refractivity contribution in [3.05, 3.63) is 88.8 Å². The first-order chi connectivity index (χ1) is 16.1. The molecule has 0 saturated carbocycles. The predicted molar refractivity (Wildman–Crippen MR) is 127 cm³/mol. The van der Waals surface area contributed by atoms with Crippen LogP contribution in [0.2, 0.25) is 5.02 Å². The number of piperidine rings is 1. The number of aryl methyl sites for hydroxylation is 1. The fraction of sp³-hybridized carbons (Fsp3) is 0.269. The number of carbonyl (C=O) groups excluding carboxylic acids is 1. The lowest BCUT2D eigenvalue weighted by Crippen LogP contribution is -2.49. The number of hydrogen-bond donors (Lipinski definition) is 0. The van der Waals surface area contributed by atoms with Crippen molar-refractivity contribution < 1.29 is 4.79 Å². The molecule has 0 radical (unpaired) electrons. The normalized spacial score (nSPS) is 19.4. The quantitative estimate of drug-likeness (QED) is 0.424. The van der Waals surface area contributed by atoms with Gasteiger partial charge in [-0.1, -0.05) is 29.8 Å². The van der Waals surface area contributed by atoms with E-state index in [1.807, 2.05) is 66.5 Å². The fourth-order valence-electron chi connectivity index (χ4n) is 5.50. The molecule has 0 aliphatic carbocycles. The van der Waals surface area contributed by atoms with Crippen LogP contribution in [0.5, 0.6) is 0 Å². The van der Waals surface area contributed by atoms with Gasteiger partial charge in [-0.15, -0.1) is 0 Å². The Kier molecular flexibility index (Phi) is 4.84. The summed E-state index contributed by atoms with van der Waals surface area (Å²) in [5, 5.41) is 9.95. The van der Waals surface area contributed by atoms with Gasteiger partial charge in [0.25, 0.3) is 5.91 Å². The van der Waals surface area contributed by atoms with E-state index in [-0.39, 0.29) is 18.0 Å². The third-order valence-electron chi connectivity index (χ3n) is 6.87. The lowest BCUT2D eigenvalue weighted by Gasteiger charge is -2.45. The van der Waals surface area contributed by atoms with Gasteiger partial charge in [-0.3, -0.25) is 9.48 Å². The van der Waals surface area contributed by atoms with Gasteiger partial charge in [0.2, 0.25) is 0 Å². The number of amides is 1. The largest absolute Gasteiger partial charge is 0.327 e. The summed E-state index contributed by atoms with van der Waals surface area (Å²) in [5.41, 5.74) is 6.04. The molecule has 1 saturated heterocycles. The Morgan fingerprint density at radius 1 is 1.09 bits per heavy atom. The van der Waals surface area contributed by atoms with E-state index < -0.39 is 0 Å². The van der Waals surface area contributed by atoms with Gasteiger partial charge in [0.1, 0.15) is 0 Å². The van der Waals surface area contributed by atoms with Crippen molar-refractivity contribution in [2.45, 2.75) is 37.8 Å². The second-order valence-electron chi connectivity index (χ2n) is 8.86. The number of carbonyl (C=O) groups is 1. The lowest BCUT2D eigenvalue weighted by atomic mass is 9.81. The van der Waals surface area contributed by atoms with Crippen molar-refractivity contribution in [2.75, 3.05) is 0 Å². The van der Waals surface area contributed by atoms with E-state index in [1.54, 1.807) is 10.9 Å². The molecular weight excluding hydrogens is 434 g/mol. The van der Waals surface area contributed by atoms with E-state index in [0.29, 0.717) is 10.6 Å². The van der Waals surface area contributed by atoms with Crippen molar-refractivity contribution in [2.24, 2.45) is 7.05 Å². The van der Waals surface area contributed by atoms with Crippen LogP contribution in [-0.2, 0) is 13.5 Å². The first kappa shape index (κ1) is 20.2. The van der Waals surface area contributed by atoms with Crippen LogP contribution in [0.15, 0.2) is 67.0 Å². The molecule has 2 aromatic heterocycles. The highest BCUT2D eigenvalue weighted by molar-refractivity contribution is 6.30. The maximum absolute atomic E-state index is 13.8. The Hall–Kier alpha value is -3.38. The minimum absolute atomic E-state index is 0.00695. The van der Waals surface area contributed by atoms with E-state index in [4.69, 9.17) is 16.7 Å². The maximum atomic E-state index is 13.8. The number of rotatable bonds is 3. The summed E-state index contributed by atoms with van der Waals surface area (Å²) in [6.45, 7) is 0. The van der Waals surface area contributed by atoms with Crippen LogP contribution in [0.1, 0.15) is 46.9 Å². The second kappa shape index (κ2) is 7.89. The third kappa shape index (κ3) is 3.37. The summed E-state index contributed by atoms with van der Waals surface area (Å²) < 4.78 is 3.74. The number of benzene rings is 2. The van der Waals surface area contributed by atoms with E-state index in [0.717, 1.165) is 48.3 Å². The van der Waals surface area contributed by atoms with Crippen molar-refractivity contribution in [3.63, 3.8) is 0 Å². The Morgan fingerprint density at radius 3 is 2.79 bits per heavy atom. The van der Waals surface area contributed by atoms with E-state index in [2.05, 4.69) is 16.1 Å². The molecule has 2 bridgehead atoms. The summed E-state index contributed by atoms with van der Waals surface area (Å²) in [5.74, 6) is 0.0688. The molecule has 1 fully saturated rings. The number of halogens is 1. The van der Waals surface area contributed by atoms with Crippen LogP contribution >= 0.6 is 11.6 Å². The van der Waals surface area contributed by atoms with E-state index in [9.17, 15) is 4.79 Å². The molecule has 0 spiro atoms. The summed E-state index contributed by atoms with van der Waals surface area (Å²) in [7, 11) is 1.98. The second-order valence-corrected chi connectivity index (χ2v) is 9.30. The molecule has 0 N–H and O–H groups in total. The van der Waals surface area contributed by atoms with Crippen molar-refractivity contribution in [1.29, 1.82) is 0 Å². The smallest absolute Gasteiger partial charge is 0.254 e. The summed E-state index contributed by atoms with van der Waals surface area (Å²) >= 11 is 6.29. The van der Waals surface area contributed by atoms with Gasteiger partial charge < -0.3 is 4.90 Å². The topological polar surface area (TPSA) is 56.0 Å². The van der Waals surface area contributed by atoms with Crippen LogP contribution in [0.3, 0.4) is 0 Å². The van der Waals surface area contributed by atoms with Crippen LogP contribution in [0, 0.1) is 0 Å². The third-order valence-corrected chi connectivity index (χ3v) is 7.11. The molecule has 2 aliphatic rings. The van der Waals surface area contributed by atoms with Crippen LogP contribution < -0.4 is 0 Å². The average Bonchev–Trinajstić information content (AvgIpc) is 3.46. The Balaban J connectivity index is 1.39. The van der Waals surface area contributed by atoms with Crippen LogP contribution in [0.4, 0.5) is 0 Å². The SMILES string of the molecule is Cn1nc2c(c1-c1cccc(Cl)c1)C[C@H]1CCC[C@@H]2N1C(=O)c1cccc(-n2cccn2)c1. The zero-order valence-electron chi connectivity index (χ0n) is 18.4. The molecule has 33 heavy (non-hydrogen) atoms. The van der Waals surface area contributed by atoms with Gasteiger partial charge in [-0.05, 0) is 62.1 Å². The minimum Gasteiger partial charge on any atom is -0.327 e. The van der Waals surface area contributed by atoms with Crippen molar-refractivity contribution in [3.8, 4) is 16.9 Å². The predicted octanol–water partition coefficient (Wildman–Crippen LogP) is 5.22. The van der Waals surface area contributed by atoms with Gasteiger partial charge in [-0.2, -0.15) is 10.2 Å². The molecule has 6 nitrogen and oxygen atoms in total. The standard InChI is InChI=1S/C26H24ClN5O/c1-30-25(17-6-2-8-19(27)14-17)22-16-21-10-4-11-23(24(22)29-30)32(21)26(33)18-7-3-9-20(15-18)31-13-5-12-28-31/h2-3,5-9,12-15,21,23H,4,10-11,16H2,1H3/t21-,23+/m1/s1. The first-order valence-electron chi connectivity index (χ1n) is 11.3. The molecule has 0 unspecified atom stereocenters. The molecule has 2 aliphatic heterocycles. The first-order valence-corrected chi connectivity index (χ1v) is 11.7. The van der Waals surface area contributed by atoms with Crippen molar-refractivity contribution in [1.82, 2.24) is 24.5 Å². The number of aromatic nitrogens is 4. The molecule has 2 aromatic carbocycles. The molecule has 1 amide bonds. The van der Waals surface area contributed by atoms with Gasteiger partial charge in [0.05, 0.1) is 23.1 Å². The highest BCUT2D eigenvalue weighted by atomic mass is 35.5. The lowest BCUT2D eigenvalue weighted by molar-refractivity contribution is 0.0392. The summed E-state index contributed by atoms with van der Waals surface area (Å²) in [6.07, 6.45) is 7.48. The van der Waals surface area contributed by atoms with E-state index in [1.165, 1.54) is 5.56 Å². The van der Waals surface area contributed by atoms with Gasteiger partial charge in [-0.25, -0.2) is 4.68 Å². The van der Waals surface area contributed by atoms with E-state index >= 15 is 0 Å². The molecule has 4 aromatic rings. The Bertz CT molecular complexity index is 1340. The number of fused-ring (bicyclic) bond motifs is 4. The fourth-order valence-corrected chi connectivity index (χ4v) is 5.69. The molecule has 2 atom stereocenters. The monoisotopic (exact) mass is 457 g/mol. The van der Waals surface area contributed by atoms with Crippen LogP contribution in [-0.4, -0.2) is 36.4 Å². The molecule has 166 valence electrons. The average molecular weight is 458 g/mol. The summed E-state index contributed by atoms with van der Waals surface area (Å²) in [4.78, 5) is 15.9. The molecular formula is C26H24ClN5O. The number of hydrogen-bond acceptors (Lipinski definition) is 3. The maximum Gasteiger partial charge on any atom is 0.254 e. The molecule has 4 heterocycles. The van der Waals surface area contributed by atoms with Gasteiger partial charge in [0, 0.05) is 47.2 Å². The number of nitrogens with zero attached hydrogens (tertiary/aromatic N) is 5. The van der Waals surface area contributed by atoms with Gasteiger partial charge >= 0.3 is 0 Å².